The molecule has 0 saturated carbocycles. The number of benzene rings is 1. The monoisotopic (exact) mass is 352 g/mol. The molecule has 1 aromatic carbocycles. The predicted molar refractivity (Wildman–Crippen MR) is 91.4 cm³/mol. The van der Waals surface area contributed by atoms with Gasteiger partial charge in [0.2, 0.25) is 5.78 Å². The first kappa shape index (κ1) is 17.2. The van der Waals surface area contributed by atoms with E-state index in [2.05, 4.69) is 10.3 Å². The number of ketones is 1. The molecule has 0 saturated heterocycles. The number of nitrogens with two attached hydrogens (primary N) is 1. The minimum atomic E-state index is -1.13. The summed E-state index contributed by atoms with van der Waals surface area (Å²) in [6, 6.07) is 11.3. The zero-order chi connectivity index (χ0) is 18.5. The third-order valence-corrected chi connectivity index (χ3v) is 3.76. The van der Waals surface area contributed by atoms with E-state index in [9.17, 15) is 14.4 Å². The highest BCUT2D eigenvalue weighted by Crippen LogP contribution is 2.12. The normalized spacial score (nSPS) is 11.7. The van der Waals surface area contributed by atoms with Crippen LogP contribution in [0.4, 0.5) is 0 Å². The zero-order valence-electron chi connectivity index (χ0n) is 13.7. The molecule has 0 aliphatic rings. The van der Waals surface area contributed by atoms with Crippen molar-refractivity contribution in [3.8, 4) is 5.69 Å². The fourth-order valence-electron chi connectivity index (χ4n) is 2.50. The van der Waals surface area contributed by atoms with Gasteiger partial charge < -0.3 is 15.5 Å². The first-order valence-corrected chi connectivity index (χ1v) is 7.81. The van der Waals surface area contributed by atoms with Crippen molar-refractivity contribution in [1.82, 2.24) is 14.9 Å². The summed E-state index contributed by atoms with van der Waals surface area (Å²) in [6.45, 7) is 0. The highest BCUT2D eigenvalue weighted by molar-refractivity contribution is 6.38. The molecule has 3 aromatic rings. The summed E-state index contributed by atoms with van der Waals surface area (Å²) >= 11 is 0. The molecule has 0 fully saturated rings. The number of furan rings is 1. The molecule has 8 nitrogen and oxygen atoms in total. The van der Waals surface area contributed by atoms with Crippen molar-refractivity contribution < 1.29 is 18.8 Å². The lowest BCUT2D eigenvalue weighted by Gasteiger charge is -2.16. The molecule has 0 aliphatic heterocycles. The van der Waals surface area contributed by atoms with Crippen LogP contribution < -0.4 is 11.1 Å². The van der Waals surface area contributed by atoms with Crippen LogP contribution in [0.25, 0.3) is 5.69 Å². The molecule has 0 aliphatic carbocycles. The van der Waals surface area contributed by atoms with Crippen LogP contribution in [0.15, 0.2) is 65.7 Å². The number of primary amides is 1. The van der Waals surface area contributed by atoms with Gasteiger partial charge in [-0.3, -0.25) is 19.0 Å². The van der Waals surface area contributed by atoms with E-state index in [-0.39, 0.29) is 12.1 Å². The van der Waals surface area contributed by atoms with E-state index in [1.165, 1.54) is 18.8 Å². The molecule has 2 aromatic heterocycles. The number of nitrogens with one attached hydrogen (secondary N) is 1. The summed E-state index contributed by atoms with van der Waals surface area (Å²) < 4.78 is 6.76. The lowest BCUT2D eigenvalue weighted by atomic mass is 10.1. The highest BCUT2D eigenvalue weighted by Gasteiger charge is 2.27. The Morgan fingerprint density at radius 2 is 1.92 bits per heavy atom. The van der Waals surface area contributed by atoms with Crippen LogP contribution in [0.5, 0.6) is 0 Å². The molecule has 0 radical (unpaired) electrons. The molecule has 1 unspecified atom stereocenters. The molecular formula is C18H16N4O4. The first-order valence-electron chi connectivity index (χ1n) is 7.81. The Labute approximate surface area is 148 Å². The van der Waals surface area contributed by atoms with Crippen LogP contribution in [0.1, 0.15) is 16.2 Å². The maximum Gasteiger partial charge on any atom is 0.287 e. The average Bonchev–Trinajstić information content (AvgIpc) is 3.32. The van der Waals surface area contributed by atoms with Crippen LogP contribution in [0, 0.1) is 0 Å². The fourth-order valence-corrected chi connectivity index (χ4v) is 2.50. The number of Topliss-reactive ketones (excluding diaryl/α,β-unsaturated/α-hetero) is 1. The number of amides is 2. The SMILES string of the molecule is NC(=O)C(=O)C(Cc1ccco1)NC(=O)c1cncn1-c1ccccc1. The van der Waals surface area contributed by atoms with Gasteiger partial charge in [0, 0.05) is 12.1 Å². The number of hydrogen-bond donors (Lipinski definition) is 2. The molecular weight excluding hydrogens is 336 g/mol. The van der Waals surface area contributed by atoms with Gasteiger partial charge in [-0.1, -0.05) is 18.2 Å². The standard InChI is InChI=1S/C18H16N4O4/c19-17(24)16(23)14(9-13-7-4-8-26-13)21-18(25)15-10-20-11-22(15)12-5-2-1-3-6-12/h1-8,10-11,14H,9H2,(H2,19,24)(H,21,25). The van der Waals surface area contributed by atoms with Crippen LogP contribution in [-0.4, -0.2) is 33.2 Å². The Balaban J connectivity index is 1.83. The molecule has 8 heteroatoms. The van der Waals surface area contributed by atoms with E-state index in [1.807, 2.05) is 30.3 Å². The Morgan fingerprint density at radius 1 is 1.15 bits per heavy atom. The summed E-state index contributed by atoms with van der Waals surface area (Å²) in [6.07, 6.45) is 4.32. The van der Waals surface area contributed by atoms with Crippen molar-refractivity contribution in [1.29, 1.82) is 0 Å². The van der Waals surface area contributed by atoms with Crippen molar-refractivity contribution in [2.24, 2.45) is 5.73 Å². The summed E-state index contributed by atoms with van der Waals surface area (Å²) in [5, 5.41) is 2.54. The maximum atomic E-state index is 12.7. The molecule has 132 valence electrons. The van der Waals surface area contributed by atoms with E-state index >= 15 is 0 Å². The lowest BCUT2D eigenvalue weighted by Crippen LogP contribution is -2.47. The number of aromatic nitrogens is 2. The quantitative estimate of drug-likeness (QED) is 0.611. The van der Waals surface area contributed by atoms with Gasteiger partial charge in [-0.25, -0.2) is 4.98 Å². The molecule has 0 spiro atoms. The summed E-state index contributed by atoms with van der Waals surface area (Å²) in [4.78, 5) is 40.0. The van der Waals surface area contributed by atoms with Crippen LogP contribution >= 0.6 is 0 Å². The molecule has 2 amide bonds. The topological polar surface area (TPSA) is 120 Å². The lowest BCUT2D eigenvalue weighted by molar-refractivity contribution is -0.137. The second-order valence-electron chi connectivity index (χ2n) is 5.52. The Kier molecular flexibility index (Phi) is 4.93. The predicted octanol–water partition coefficient (Wildman–Crippen LogP) is 0.861. The average molecular weight is 352 g/mol. The number of imidazole rings is 1. The third-order valence-electron chi connectivity index (χ3n) is 3.76. The summed E-state index contributed by atoms with van der Waals surface area (Å²) in [5.74, 6) is -2.14. The smallest absolute Gasteiger partial charge is 0.287 e. The van der Waals surface area contributed by atoms with Gasteiger partial charge in [-0.05, 0) is 24.3 Å². The Morgan fingerprint density at radius 3 is 2.58 bits per heavy atom. The van der Waals surface area contributed by atoms with Crippen LogP contribution in [0.3, 0.4) is 0 Å². The fraction of sp³-hybridized carbons (Fsp3) is 0.111. The van der Waals surface area contributed by atoms with Gasteiger partial charge in [0.25, 0.3) is 11.8 Å². The number of para-hydroxylation sites is 1. The Bertz CT molecular complexity index is 916. The number of rotatable bonds is 7. The minimum absolute atomic E-state index is 0.0139. The largest absolute Gasteiger partial charge is 0.469 e. The van der Waals surface area contributed by atoms with E-state index in [0.29, 0.717) is 5.76 Å². The van der Waals surface area contributed by atoms with Crippen LogP contribution in [-0.2, 0) is 16.0 Å². The number of nitrogens with zero attached hydrogens (tertiary/aromatic N) is 2. The van der Waals surface area contributed by atoms with Crippen LogP contribution in [0.2, 0.25) is 0 Å². The van der Waals surface area contributed by atoms with Gasteiger partial charge in [-0.15, -0.1) is 0 Å². The number of carbonyl (C=O) groups is 3. The second kappa shape index (κ2) is 7.47. The zero-order valence-corrected chi connectivity index (χ0v) is 13.7. The van der Waals surface area contributed by atoms with Gasteiger partial charge in [0.05, 0.1) is 18.8 Å². The summed E-state index contributed by atoms with van der Waals surface area (Å²) in [5.41, 5.74) is 6.05. The van der Waals surface area contributed by atoms with Gasteiger partial charge in [0.1, 0.15) is 17.5 Å². The first-order chi connectivity index (χ1) is 12.6. The van der Waals surface area contributed by atoms with Gasteiger partial charge >= 0.3 is 0 Å². The van der Waals surface area contributed by atoms with Crippen molar-refractivity contribution in [3.05, 3.63) is 72.7 Å². The molecule has 3 rings (SSSR count). The van der Waals surface area contributed by atoms with Crippen molar-refractivity contribution in [2.75, 3.05) is 0 Å². The molecule has 0 bridgehead atoms. The van der Waals surface area contributed by atoms with Crippen molar-refractivity contribution in [3.63, 3.8) is 0 Å². The van der Waals surface area contributed by atoms with Crippen molar-refractivity contribution >= 4 is 17.6 Å². The van der Waals surface area contributed by atoms with Gasteiger partial charge in [0.15, 0.2) is 0 Å². The van der Waals surface area contributed by atoms with E-state index in [0.717, 1.165) is 5.69 Å². The maximum absolute atomic E-state index is 12.7. The third kappa shape index (κ3) is 3.69. The minimum Gasteiger partial charge on any atom is -0.469 e. The molecule has 1 atom stereocenters. The summed E-state index contributed by atoms with van der Waals surface area (Å²) in [7, 11) is 0. The van der Waals surface area contributed by atoms with E-state index in [4.69, 9.17) is 10.2 Å². The highest BCUT2D eigenvalue weighted by atomic mass is 16.3. The van der Waals surface area contributed by atoms with E-state index in [1.54, 1.807) is 16.7 Å². The number of hydrogen-bond acceptors (Lipinski definition) is 5. The van der Waals surface area contributed by atoms with Crippen molar-refractivity contribution in [2.45, 2.75) is 12.5 Å². The molecule has 2 heterocycles. The van der Waals surface area contributed by atoms with E-state index < -0.39 is 23.6 Å². The molecule has 3 N–H and O–H groups in total. The number of carbonyl (C=O) groups excluding carboxylic acids is 3. The van der Waals surface area contributed by atoms with Gasteiger partial charge in [-0.2, -0.15) is 0 Å². The molecule has 26 heavy (non-hydrogen) atoms. The second-order valence-corrected chi connectivity index (χ2v) is 5.52. The Hall–Kier alpha value is -3.68.